The van der Waals surface area contributed by atoms with Gasteiger partial charge in [-0.05, 0) is 41.8 Å². The number of benzene rings is 1. The van der Waals surface area contributed by atoms with E-state index >= 15 is 0 Å². The number of fused-ring (bicyclic) bond motifs is 1. The molecule has 25 heavy (non-hydrogen) atoms. The van der Waals surface area contributed by atoms with E-state index in [1.165, 1.54) is 0 Å². The minimum absolute atomic E-state index is 0.173. The molecule has 0 unspecified atom stereocenters. The summed E-state index contributed by atoms with van der Waals surface area (Å²) in [7, 11) is 1.96. The maximum atomic E-state index is 10.5. The summed E-state index contributed by atoms with van der Waals surface area (Å²) < 4.78 is 5.58. The summed E-state index contributed by atoms with van der Waals surface area (Å²) in [6, 6.07) is 7.38. The summed E-state index contributed by atoms with van der Waals surface area (Å²) in [4.78, 5) is 7.60. The number of halogens is 2. The summed E-state index contributed by atoms with van der Waals surface area (Å²) in [6.45, 7) is 0.556. The van der Waals surface area contributed by atoms with Gasteiger partial charge < -0.3 is 9.52 Å². The van der Waals surface area contributed by atoms with Crippen LogP contribution in [0.2, 0.25) is 10.0 Å². The molecule has 130 valence electrons. The number of aliphatic hydroxyl groups excluding tert-OH is 1. The fourth-order valence-electron chi connectivity index (χ4n) is 3.41. The molecule has 0 fully saturated rings. The summed E-state index contributed by atoms with van der Waals surface area (Å²) in [5.41, 5.74) is 2.77. The second-order valence-electron chi connectivity index (χ2n) is 6.21. The van der Waals surface area contributed by atoms with Gasteiger partial charge >= 0.3 is 0 Å². The Morgan fingerprint density at radius 2 is 2.24 bits per heavy atom. The average molecular weight is 395 g/mol. The highest BCUT2D eigenvalue weighted by atomic mass is 35.5. The smallest absolute Gasteiger partial charge is 0.236 e. The number of oxazole rings is 1. The molecular weight excluding hydrogens is 379 g/mol. The third kappa shape index (κ3) is 3.23. The zero-order chi connectivity index (χ0) is 17.6. The quantitative estimate of drug-likeness (QED) is 0.690. The van der Waals surface area contributed by atoms with E-state index in [0.717, 1.165) is 21.7 Å². The monoisotopic (exact) mass is 394 g/mol. The van der Waals surface area contributed by atoms with Crippen LogP contribution in [-0.4, -0.2) is 28.1 Å². The van der Waals surface area contributed by atoms with Crippen LogP contribution in [0.15, 0.2) is 40.3 Å². The Labute approximate surface area is 159 Å². The number of hydrogen-bond donors (Lipinski definition) is 1. The second-order valence-corrected chi connectivity index (χ2v) is 8.00. The third-order valence-corrected chi connectivity index (χ3v) is 5.87. The van der Waals surface area contributed by atoms with Crippen LogP contribution in [0, 0.1) is 0 Å². The zero-order valence-electron chi connectivity index (χ0n) is 13.4. The van der Waals surface area contributed by atoms with Crippen LogP contribution in [0.1, 0.15) is 22.9 Å². The predicted molar refractivity (Wildman–Crippen MR) is 100 cm³/mol. The minimum Gasteiger partial charge on any atom is -0.444 e. The fraction of sp³-hybridized carbons (Fsp3) is 0.278. The van der Waals surface area contributed by atoms with E-state index in [4.69, 9.17) is 27.6 Å². The van der Waals surface area contributed by atoms with Gasteiger partial charge in [-0.3, -0.25) is 4.90 Å². The number of hydrogen-bond acceptors (Lipinski definition) is 5. The summed E-state index contributed by atoms with van der Waals surface area (Å²) in [5.74, 6) is 0.622. The molecule has 0 radical (unpaired) electrons. The molecule has 4 rings (SSSR count). The Morgan fingerprint density at radius 3 is 3.00 bits per heavy atom. The molecular formula is C18H16Cl2N2O2S. The zero-order valence-corrected chi connectivity index (χ0v) is 15.8. The third-order valence-electron chi connectivity index (χ3n) is 4.46. The van der Waals surface area contributed by atoms with Gasteiger partial charge in [0, 0.05) is 23.0 Å². The van der Waals surface area contributed by atoms with Crippen LogP contribution in [0.4, 0.5) is 0 Å². The molecule has 4 nitrogen and oxygen atoms in total. The Bertz CT molecular complexity index is 895. The van der Waals surface area contributed by atoms with Crippen LogP contribution < -0.4 is 0 Å². The molecule has 0 bridgehead atoms. The van der Waals surface area contributed by atoms with Crippen molar-refractivity contribution in [3.63, 3.8) is 0 Å². The molecule has 7 heteroatoms. The van der Waals surface area contributed by atoms with Gasteiger partial charge in [0.2, 0.25) is 5.89 Å². The molecule has 1 aliphatic carbocycles. The highest BCUT2D eigenvalue weighted by Gasteiger charge is 2.36. The summed E-state index contributed by atoms with van der Waals surface area (Å²) in [6.07, 6.45) is 1.66. The lowest BCUT2D eigenvalue weighted by molar-refractivity contribution is 0.0718. The van der Waals surface area contributed by atoms with E-state index in [1.54, 1.807) is 23.7 Å². The first kappa shape index (κ1) is 17.1. The number of rotatable bonds is 4. The second kappa shape index (κ2) is 6.74. The van der Waals surface area contributed by atoms with Gasteiger partial charge in [-0.1, -0.05) is 29.3 Å². The fourth-order valence-corrected chi connectivity index (χ4v) is 4.65. The van der Waals surface area contributed by atoms with E-state index in [1.807, 2.05) is 30.6 Å². The maximum absolute atomic E-state index is 10.5. The van der Waals surface area contributed by atoms with Gasteiger partial charge in [0.1, 0.15) is 6.26 Å². The number of nitrogens with zero attached hydrogens (tertiary/aromatic N) is 2. The SMILES string of the molecule is CN(Cc1coc(-c2cccs2)n1)[C@H]1c2cc(Cl)cc(Cl)c2C[C@H]1O. The van der Waals surface area contributed by atoms with Crippen LogP contribution in [0.3, 0.4) is 0 Å². The van der Waals surface area contributed by atoms with E-state index in [2.05, 4.69) is 9.88 Å². The van der Waals surface area contributed by atoms with Crippen molar-refractivity contribution < 1.29 is 9.52 Å². The number of aliphatic hydroxyl groups is 1. The van der Waals surface area contributed by atoms with Crippen molar-refractivity contribution >= 4 is 34.5 Å². The van der Waals surface area contributed by atoms with Gasteiger partial charge in [0.15, 0.2) is 0 Å². The van der Waals surface area contributed by atoms with Gasteiger partial charge in [-0.25, -0.2) is 4.98 Å². The maximum Gasteiger partial charge on any atom is 0.236 e. The average Bonchev–Trinajstić information content (AvgIpc) is 3.25. The first-order chi connectivity index (χ1) is 12.0. The highest BCUT2D eigenvalue weighted by molar-refractivity contribution is 7.13. The van der Waals surface area contributed by atoms with E-state index in [-0.39, 0.29) is 6.04 Å². The molecule has 2 atom stereocenters. The molecule has 2 heterocycles. The van der Waals surface area contributed by atoms with Gasteiger partial charge in [-0.15, -0.1) is 11.3 Å². The largest absolute Gasteiger partial charge is 0.444 e. The van der Waals surface area contributed by atoms with Crippen molar-refractivity contribution in [3.8, 4) is 10.8 Å². The molecule has 0 amide bonds. The van der Waals surface area contributed by atoms with Crippen molar-refractivity contribution in [2.75, 3.05) is 7.05 Å². The number of thiophene rings is 1. The molecule has 1 aliphatic rings. The Hall–Kier alpha value is -1.37. The van der Waals surface area contributed by atoms with Gasteiger partial charge in [0.25, 0.3) is 0 Å². The standard InChI is InChI=1S/C18H16Cl2N2O2S/c1-22(8-11-9-24-18(21-11)16-3-2-4-25-16)17-13-5-10(19)6-14(20)12(13)7-15(17)23/h2-6,9,15,17,23H,7-8H2,1H3/t15-,17+/m1/s1. The molecule has 2 aromatic heterocycles. The Balaban J connectivity index is 1.57. The Morgan fingerprint density at radius 1 is 1.40 bits per heavy atom. The van der Waals surface area contributed by atoms with Gasteiger partial charge in [0.05, 0.1) is 22.7 Å². The van der Waals surface area contributed by atoms with Crippen LogP contribution >= 0.6 is 34.5 Å². The molecule has 3 aromatic rings. The van der Waals surface area contributed by atoms with Crippen molar-refractivity contribution in [2.24, 2.45) is 0 Å². The molecule has 0 saturated carbocycles. The lowest BCUT2D eigenvalue weighted by atomic mass is 10.1. The lowest BCUT2D eigenvalue weighted by Gasteiger charge is -2.27. The van der Waals surface area contributed by atoms with Crippen LogP contribution in [0.25, 0.3) is 10.8 Å². The normalized spacial score (nSPS) is 19.6. The van der Waals surface area contributed by atoms with Gasteiger partial charge in [-0.2, -0.15) is 0 Å². The molecule has 1 aromatic carbocycles. The molecule has 0 saturated heterocycles. The topological polar surface area (TPSA) is 49.5 Å². The number of aromatic nitrogens is 1. The molecule has 1 N–H and O–H groups in total. The van der Waals surface area contributed by atoms with Crippen molar-refractivity contribution in [1.29, 1.82) is 0 Å². The van der Waals surface area contributed by atoms with E-state index in [0.29, 0.717) is 28.9 Å². The van der Waals surface area contributed by atoms with Crippen molar-refractivity contribution in [1.82, 2.24) is 9.88 Å². The molecule has 0 aliphatic heterocycles. The van der Waals surface area contributed by atoms with Crippen LogP contribution in [0.5, 0.6) is 0 Å². The highest BCUT2D eigenvalue weighted by Crippen LogP contribution is 2.41. The first-order valence-corrected chi connectivity index (χ1v) is 9.51. The van der Waals surface area contributed by atoms with Crippen molar-refractivity contribution in [3.05, 3.63) is 62.8 Å². The van der Waals surface area contributed by atoms with Crippen molar-refractivity contribution in [2.45, 2.75) is 25.1 Å². The minimum atomic E-state index is -0.528. The summed E-state index contributed by atoms with van der Waals surface area (Å²) in [5, 5.41) is 13.7. The lowest BCUT2D eigenvalue weighted by Crippen LogP contribution is -2.30. The van der Waals surface area contributed by atoms with E-state index in [9.17, 15) is 5.11 Å². The first-order valence-electron chi connectivity index (χ1n) is 7.87. The molecule has 0 spiro atoms. The predicted octanol–water partition coefficient (Wildman–Crippen LogP) is 4.80. The Kier molecular flexibility index (Phi) is 4.60. The summed E-state index contributed by atoms with van der Waals surface area (Å²) >= 11 is 14.0. The number of likely N-dealkylation sites (N-methyl/N-ethyl adjacent to an activating group) is 1. The van der Waals surface area contributed by atoms with E-state index < -0.39 is 6.10 Å². The van der Waals surface area contributed by atoms with Crippen LogP contribution in [-0.2, 0) is 13.0 Å².